The topological polar surface area (TPSA) is 157 Å². The fraction of sp³-hybridized carbons (Fsp3) is 0.300. The van der Waals surface area contributed by atoms with Crippen molar-refractivity contribution in [1.29, 1.82) is 0 Å². The number of hydrogen-bond donors (Lipinski definition) is 4. The molecule has 3 aromatic carbocycles. The van der Waals surface area contributed by atoms with Gasteiger partial charge in [-0.1, -0.05) is 25.1 Å². The minimum atomic E-state index is -3.75. The molecule has 3 amide bonds. The summed E-state index contributed by atoms with van der Waals surface area (Å²) < 4.78 is 46.6. The number of carbonyl (C=O) groups excluding carboxylic acids is 3. The van der Waals surface area contributed by atoms with Crippen LogP contribution < -0.4 is 21.7 Å². The third kappa shape index (κ3) is 6.71. The zero-order chi connectivity index (χ0) is 30.6. The van der Waals surface area contributed by atoms with Crippen molar-refractivity contribution in [3.05, 3.63) is 88.2 Å². The van der Waals surface area contributed by atoms with E-state index in [1.807, 2.05) is 19.1 Å². The molecule has 1 unspecified atom stereocenters. The summed E-state index contributed by atoms with van der Waals surface area (Å²) in [6.07, 6.45) is 0.341. The smallest absolute Gasteiger partial charge is 0.411 e. The van der Waals surface area contributed by atoms with Crippen LogP contribution in [0.4, 0.5) is 20.6 Å². The minimum Gasteiger partial charge on any atom is -0.449 e. The Kier molecular flexibility index (Phi) is 9.15. The number of carbonyl (C=O) groups is 3. The van der Waals surface area contributed by atoms with Crippen LogP contribution in [0.2, 0.25) is 0 Å². The maximum absolute atomic E-state index is 15.0. The Balaban J connectivity index is 1.79. The van der Waals surface area contributed by atoms with Gasteiger partial charge in [0, 0.05) is 24.2 Å². The van der Waals surface area contributed by atoms with Gasteiger partial charge < -0.3 is 21.1 Å². The van der Waals surface area contributed by atoms with E-state index in [0.717, 1.165) is 17.2 Å². The van der Waals surface area contributed by atoms with Gasteiger partial charge in [0.2, 0.25) is 11.8 Å². The van der Waals surface area contributed by atoms with Crippen LogP contribution >= 0.6 is 0 Å². The Hall–Kier alpha value is -4.45. The predicted octanol–water partition coefficient (Wildman–Crippen LogP) is 4.24. The summed E-state index contributed by atoms with van der Waals surface area (Å²) in [7, 11) is -3.75. The number of sulfone groups is 1. The van der Waals surface area contributed by atoms with Gasteiger partial charge in [0.1, 0.15) is 11.9 Å². The van der Waals surface area contributed by atoms with Crippen molar-refractivity contribution in [2.24, 2.45) is 5.73 Å². The van der Waals surface area contributed by atoms with Crippen LogP contribution in [0.1, 0.15) is 59.4 Å². The molecule has 5 rings (SSSR count). The minimum absolute atomic E-state index is 0.00745. The lowest BCUT2D eigenvalue weighted by atomic mass is 9.95. The van der Waals surface area contributed by atoms with E-state index in [2.05, 4.69) is 16.0 Å². The predicted molar refractivity (Wildman–Crippen MR) is 156 cm³/mol. The van der Waals surface area contributed by atoms with E-state index in [4.69, 9.17) is 10.5 Å². The molecule has 0 saturated heterocycles. The number of anilines is 2. The number of hydrogen-bond acceptors (Lipinski definition) is 7. The third-order valence-electron chi connectivity index (χ3n) is 7.05. The highest BCUT2D eigenvalue weighted by molar-refractivity contribution is 7.92. The number of rotatable bonds is 6. The van der Waals surface area contributed by atoms with E-state index in [1.54, 1.807) is 19.9 Å². The first kappa shape index (κ1) is 30.5. The molecular formula is C30H33FN4O6S. The molecule has 3 aromatic rings. The van der Waals surface area contributed by atoms with Gasteiger partial charge in [-0.05, 0) is 78.9 Å². The lowest BCUT2D eigenvalue weighted by molar-refractivity contribution is -0.122. The fourth-order valence-electron chi connectivity index (χ4n) is 4.66. The SMILES string of the molecule is CCc1cc2ccc1CCOC(=O)Nc1ccc(S(=O)(=O)C(C)C)c(c1)CNC(=O)C2Nc1ccc(C(N)=O)cc1F. The molecule has 2 heterocycles. The maximum atomic E-state index is 15.0. The standard InChI is InChI=1S/C30H33FN4O6S/c1-4-18-13-20-6-5-19(18)11-12-41-30(38)34-23-8-10-26(42(39,40)17(2)3)22(14-23)16-33-29(37)27(20)35-25-9-7-21(28(32)36)15-24(25)31/h5-10,13-15,17,27,35H,4,11-12,16H2,1-3H3,(H2,32,36)(H,33,37)(H,34,38). The first-order chi connectivity index (χ1) is 19.9. The molecule has 0 spiro atoms. The summed E-state index contributed by atoms with van der Waals surface area (Å²) >= 11 is 0. The number of benzene rings is 3. The molecule has 4 bridgehead atoms. The van der Waals surface area contributed by atoms with Crippen molar-refractivity contribution >= 4 is 39.1 Å². The van der Waals surface area contributed by atoms with Gasteiger partial charge >= 0.3 is 6.09 Å². The summed E-state index contributed by atoms with van der Waals surface area (Å²) in [5.41, 5.74) is 8.12. The average molecular weight is 597 g/mol. The highest BCUT2D eigenvalue weighted by Crippen LogP contribution is 2.28. The highest BCUT2D eigenvalue weighted by Gasteiger charge is 2.26. The fourth-order valence-corrected chi connectivity index (χ4v) is 5.92. The van der Waals surface area contributed by atoms with Crippen molar-refractivity contribution in [2.75, 3.05) is 17.2 Å². The zero-order valence-electron chi connectivity index (χ0n) is 23.5. The van der Waals surface area contributed by atoms with Crippen molar-refractivity contribution in [2.45, 2.75) is 56.3 Å². The second-order valence-electron chi connectivity index (χ2n) is 10.2. The van der Waals surface area contributed by atoms with Crippen molar-refractivity contribution in [3.63, 3.8) is 0 Å². The largest absolute Gasteiger partial charge is 0.449 e. The molecule has 10 nitrogen and oxygen atoms in total. The van der Waals surface area contributed by atoms with Gasteiger partial charge in [0.15, 0.2) is 9.84 Å². The Bertz CT molecular complexity index is 1640. The number of nitrogens with one attached hydrogen (secondary N) is 3. The first-order valence-electron chi connectivity index (χ1n) is 13.5. The van der Waals surface area contributed by atoms with Gasteiger partial charge in [0.05, 0.1) is 22.4 Å². The molecule has 42 heavy (non-hydrogen) atoms. The Morgan fingerprint density at radius 1 is 1.10 bits per heavy atom. The second-order valence-corrected chi connectivity index (χ2v) is 12.6. The van der Waals surface area contributed by atoms with E-state index in [0.29, 0.717) is 24.1 Å². The highest BCUT2D eigenvalue weighted by atomic mass is 32.2. The molecule has 0 aromatic heterocycles. The summed E-state index contributed by atoms with van der Waals surface area (Å²) in [4.78, 5) is 37.7. The lowest BCUT2D eigenvalue weighted by Gasteiger charge is -2.23. The van der Waals surface area contributed by atoms with Crippen molar-refractivity contribution < 1.29 is 31.9 Å². The number of ether oxygens (including phenoxy) is 1. The van der Waals surface area contributed by atoms with Gasteiger partial charge in [-0.25, -0.2) is 17.6 Å². The normalized spacial score (nSPS) is 16.0. The van der Waals surface area contributed by atoms with Crippen molar-refractivity contribution in [1.82, 2.24) is 5.32 Å². The maximum Gasteiger partial charge on any atom is 0.411 e. The third-order valence-corrected chi connectivity index (χ3v) is 9.30. The van der Waals surface area contributed by atoms with Crippen LogP contribution in [0.15, 0.2) is 59.5 Å². The zero-order valence-corrected chi connectivity index (χ0v) is 24.3. The Labute approximate surface area is 243 Å². The Morgan fingerprint density at radius 2 is 1.86 bits per heavy atom. The quantitative estimate of drug-likeness (QED) is 0.332. The molecule has 5 N–H and O–H groups in total. The number of primary amides is 1. The summed E-state index contributed by atoms with van der Waals surface area (Å²) in [5, 5.41) is 7.58. The van der Waals surface area contributed by atoms with Gasteiger partial charge in [-0.3, -0.25) is 14.9 Å². The van der Waals surface area contributed by atoms with E-state index in [9.17, 15) is 27.2 Å². The molecule has 0 radical (unpaired) electrons. The van der Waals surface area contributed by atoms with E-state index in [1.165, 1.54) is 30.3 Å². The van der Waals surface area contributed by atoms with Gasteiger partial charge in [-0.15, -0.1) is 0 Å². The molecule has 0 aliphatic carbocycles. The molecular weight excluding hydrogens is 563 g/mol. The van der Waals surface area contributed by atoms with Gasteiger partial charge in [0.25, 0.3) is 0 Å². The molecule has 12 heteroatoms. The van der Waals surface area contributed by atoms with Crippen LogP contribution in [0.5, 0.6) is 0 Å². The second kappa shape index (κ2) is 12.6. The average Bonchev–Trinajstić information content (AvgIpc) is 2.94. The molecule has 222 valence electrons. The van der Waals surface area contributed by atoms with Crippen LogP contribution in [-0.2, 0) is 38.8 Å². The summed E-state index contributed by atoms with van der Waals surface area (Å²) in [6.45, 7) is 4.93. The molecule has 2 aliphatic heterocycles. The molecule has 1 atom stereocenters. The number of aryl methyl sites for hydroxylation is 1. The van der Waals surface area contributed by atoms with E-state index < -0.39 is 44.9 Å². The lowest BCUT2D eigenvalue weighted by Crippen LogP contribution is -2.34. The first-order valence-corrected chi connectivity index (χ1v) is 15.0. The van der Waals surface area contributed by atoms with Crippen LogP contribution in [-0.4, -0.2) is 38.2 Å². The number of halogens is 1. The molecule has 0 saturated carbocycles. The van der Waals surface area contributed by atoms with Gasteiger partial charge in [-0.2, -0.15) is 0 Å². The molecule has 0 fully saturated rings. The van der Waals surface area contributed by atoms with E-state index >= 15 is 0 Å². The van der Waals surface area contributed by atoms with Crippen LogP contribution in [0.3, 0.4) is 0 Å². The van der Waals surface area contributed by atoms with Crippen LogP contribution in [0, 0.1) is 5.82 Å². The summed E-state index contributed by atoms with van der Waals surface area (Å²) in [5.74, 6) is -2.12. The molecule has 2 aliphatic rings. The summed E-state index contributed by atoms with van der Waals surface area (Å²) in [6, 6.07) is 12.3. The van der Waals surface area contributed by atoms with E-state index in [-0.39, 0.29) is 34.9 Å². The number of nitrogens with two attached hydrogens (primary N) is 1. The number of fused-ring (bicyclic) bond motifs is 9. The van der Waals surface area contributed by atoms with Crippen LogP contribution in [0.25, 0.3) is 0 Å². The monoisotopic (exact) mass is 596 g/mol. The number of amides is 3. The van der Waals surface area contributed by atoms with Crippen molar-refractivity contribution in [3.8, 4) is 0 Å². The Morgan fingerprint density at radius 3 is 2.52 bits per heavy atom.